The van der Waals surface area contributed by atoms with Gasteiger partial charge >= 0.3 is 0 Å². The standard InChI is InChI=1S/C13H20N6O2/c1-9(13(20)16-5-7-21-3)17-11-12-15-4-6-19(12)8-10(14-2)18-11/h4,6,8-9,14H,5,7H2,1-3H3,(H,16,20)(H,17,18). The minimum absolute atomic E-state index is 0.117. The lowest BCUT2D eigenvalue weighted by molar-refractivity contribution is -0.121. The quantitative estimate of drug-likeness (QED) is 0.637. The topological polar surface area (TPSA) is 92.6 Å². The molecule has 1 amide bonds. The van der Waals surface area contributed by atoms with Gasteiger partial charge in [-0.3, -0.25) is 4.79 Å². The van der Waals surface area contributed by atoms with Gasteiger partial charge in [-0.05, 0) is 6.92 Å². The fraction of sp³-hybridized carbons (Fsp3) is 0.462. The van der Waals surface area contributed by atoms with Crippen LogP contribution in [0.25, 0.3) is 5.65 Å². The molecule has 0 aliphatic carbocycles. The molecule has 8 heteroatoms. The van der Waals surface area contributed by atoms with E-state index in [1.807, 2.05) is 16.8 Å². The molecule has 0 bridgehead atoms. The molecule has 0 fully saturated rings. The summed E-state index contributed by atoms with van der Waals surface area (Å²) in [7, 11) is 3.38. The summed E-state index contributed by atoms with van der Waals surface area (Å²) in [6, 6.07) is -0.429. The number of imidazole rings is 1. The summed E-state index contributed by atoms with van der Waals surface area (Å²) in [6.45, 7) is 2.73. The summed E-state index contributed by atoms with van der Waals surface area (Å²) >= 11 is 0. The van der Waals surface area contributed by atoms with Crippen molar-refractivity contribution in [2.24, 2.45) is 0 Å². The Labute approximate surface area is 122 Å². The molecular weight excluding hydrogens is 272 g/mol. The first-order chi connectivity index (χ1) is 10.2. The van der Waals surface area contributed by atoms with Gasteiger partial charge in [-0.1, -0.05) is 0 Å². The summed E-state index contributed by atoms with van der Waals surface area (Å²) in [5, 5.41) is 8.84. The van der Waals surface area contributed by atoms with Gasteiger partial charge in [0.2, 0.25) is 5.91 Å². The molecule has 114 valence electrons. The normalized spacial score (nSPS) is 12.1. The number of ether oxygens (including phenoxy) is 1. The maximum Gasteiger partial charge on any atom is 0.242 e. The van der Waals surface area contributed by atoms with Crippen LogP contribution in [-0.2, 0) is 9.53 Å². The van der Waals surface area contributed by atoms with E-state index >= 15 is 0 Å². The number of hydrogen-bond donors (Lipinski definition) is 3. The Hall–Kier alpha value is -2.35. The van der Waals surface area contributed by atoms with E-state index in [4.69, 9.17) is 4.74 Å². The first-order valence-electron chi connectivity index (χ1n) is 6.70. The monoisotopic (exact) mass is 292 g/mol. The third-order valence-electron chi connectivity index (χ3n) is 2.98. The van der Waals surface area contributed by atoms with Crippen LogP contribution in [0.15, 0.2) is 18.6 Å². The fourth-order valence-corrected chi connectivity index (χ4v) is 1.85. The zero-order chi connectivity index (χ0) is 15.2. The molecule has 0 spiro atoms. The molecule has 0 radical (unpaired) electrons. The van der Waals surface area contributed by atoms with Gasteiger partial charge in [-0.2, -0.15) is 0 Å². The van der Waals surface area contributed by atoms with Gasteiger partial charge in [-0.15, -0.1) is 0 Å². The summed E-state index contributed by atoms with van der Waals surface area (Å²) in [5.74, 6) is 1.13. The van der Waals surface area contributed by atoms with Crippen molar-refractivity contribution in [3.05, 3.63) is 18.6 Å². The Balaban J connectivity index is 2.11. The lowest BCUT2D eigenvalue weighted by Gasteiger charge is -2.15. The van der Waals surface area contributed by atoms with Crippen molar-refractivity contribution in [1.29, 1.82) is 0 Å². The van der Waals surface area contributed by atoms with Crippen molar-refractivity contribution in [2.45, 2.75) is 13.0 Å². The van der Waals surface area contributed by atoms with Crippen LogP contribution in [0.3, 0.4) is 0 Å². The minimum atomic E-state index is -0.429. The molecule has 1 unspecified atom stereocenters. The fourth-order valence-electron chi connectivity index (χ4n) is 1.85. The van der Waals surface area contributed by atoms with Crippen molar-refractivity contribution in [3.63, 3.8) is 0 Å². The van der Waals surface area contributed by atoms with E-state index in [2.05, 4.69) is 25.9 Å². The predicted octanol–water partition coefficient (Wildman–Crippen LogP) is 0.334. The Morgan fingerprint density at radius 2 is 2.33 bits per heavy atom. The van der Waals surface area contributed by atoms with Crippen LogP contribution >= 0.6 is 0 Å². The molecule has 2 aromatic heterocycles. The summed E-state index contributed by atoms with van der Waals surface area (Å²) in [6.07, 6.45) is 5.34. The minimum Gasteiger partial charge on any atom is -0.383 e. The number of fused-ring (bicyclic) bond motifs is 1. The van der Waals surface area contributed by atoms with Crippen LogP contribution in [0.2, 0.25) is 0 Å². The maximum absolute atomic E-state index is 12.0. The SMILES string of the molecule is CNc1cn2ccnc2c(NC(C)C(=O)NCCOC)n1. The largest absolute Gasteiger partial charge is 0.383 e. The number of nitrogens with one attached hydrogen (secondary N) is 3. The van der Waals surface area contributed by atoms with Crippen LogP contribution in [-0.4, -0.2) is 53.6 Å². The van der Waals surface area contributed by atoms with E-state index in [-0.39, 0.29) is 5.91 Å². The summed E-state index contributed by atoms with van der Waals surface area (Å²) < 4.78 is 6.74. The van der Waals surface area contributed by atoms with Gasteiger partial charge < -0.3 is 25.1 Å². The number of amides is 1. The highest BCUT2D eigenvalue weighted by Gasteiger charge is 2.15. The van der Waals surface area contributed by atoms with Gasteiger partial charge in [0.25, 0.3) is 0 Å². The number of hydrogen-bond acceptors (Lipinski definition) is 6. The summed E-state index contributed by atoms with van der Waals surface area (Å²) in [5.41, 5.74) is 0.672. The molecule has 2 aromatic rings. The Morgan fingerprint density at radius 3 is 3.05 bits per heavy atom. The highest BCUT2D eigenvalue weighted by atomic mass is 16.5. The van der Waals surface area contributed by atoms with Crippen LogP contribution < -0.4 is 16.0 Å². The van der Waals surface area contributed by atoms with Crippen molar-refractivity contribution < 1.29 is 9.53 Å². The lowest BCUT2D eigenvalue weighted by atomic mass is 10.3. The van der Waals surface area contributed by atoms with Crippen molar-refractivity contribution in [1.82, 2.24) is 19.7 Å². The molecule has 0 aliphatic rings. The van der Waals surface area contributed by atoms with Crippen LogP contribution in [0.5, 0.6) is 0 Å². The third-order valence-corrected chi connectivity index (χ3v) is 2.98. The molecule has 21 heavy (non-hydrogen) atoms. The second-order valence-corrected chi connectivity index (χ2v) is 4.53. The molecule has 0 aromatic carbocycles. The summed E-state index contributed by atoms with van der Waals surface area (Å²) in [4.78, 5) is 20.6. The molecule has 2 rings (SSSR count). The molecule has 8 nitrogen and oxygen atoms in total. The molecule has 2 heterocycles. The van der Waals surface area contributed by atoms with Crippen molar-refractivity contribution >= 4 is 23.2 Å². The molecule has 3 N–H and O–H groups in total. The highest BCUT2D eigenvalue weighted by molar-refractivity contribution is 5.85. The first kappa shape index (κ1) is 15.0. The van der Waals surface area contributed by atoms with E-state index in [1.54, 1.807) is 27.3 Å². The predicted molar refractivity (Wildman–Crippen MR) is 80.5 cm³/mol. The first-order valence-corrected chi connectivity index (χ1v) is 6.70. The number of carbonyl (C=O) groups excluding carboxylic acids is 1. The van der Waals surface area contributed by atoms with Gasteiger partial charge in [0.1, 0.15) is 11.9 Å². The number of carbonyl (C=O) groups is 1. The average molecular weight is 292 g/mol. The van der Waals surface area contributed by atoms with E-state index in [0.717, 1.165) is 0 Å². The lowest BCUT2D eigenvalue weighted by Crippen LogP contribution is -2.39. The number of nitrogens with zero attached hydrogens (tertiary/aromatic N) is 3. The Bertz CT molecular complexity index is 612. The van der Waals surface area contributed by atoms with E-state index in [1.165, 1.54) is 0 Å². The van der Waals surface area contributed by atoms with Crippen LogP contribution in [0.1, 0.15) is 6.92 Å². The van der Waals surface area contributed by atoms with Crippen LogP contribution in [0, 0.1) is 0 Å². The zero-order valence-electron chi connectivity index (χ0n) is 12.4. The maximum atomic E-state index is 12.0. The molecule has 0 saturated heterocycles. The van der Waals surface area contributed by atoms with Crippen molar-refractivity contribution in [3.8, 4) is 0 Å². The van der Waals surface area contributed by atoms with E-state index in [0.29, 0.717) is 30.4 Å². The third kappa shape index (κ3) is 3.60. The smallest absolute Gasteiger partial charge is 0.242 e. The average Bonchev–Trinajstić information content (AvgIpc) is 2.95. The number of rotatable bonds is 7. The van der Waals surface area contributed by atoms with Gasteiger partial charge in [0.15, 0.2) is 11.5 Å². The number of methoxy groups -OCH3 is 1. The Morgan fingerprint density at radius 1 is 1.52 bits per heavy atom. The number of aromatic nitrogens is 3. The van der Waals surface area contributed by atoms with Crippen molar-refractivity contribution in [2.75, 3.05) is 37.9 Å². The second-order valence-electron chi connectivity index (χ2n) is 4.53. The number of anilines is 2. The molecule has 1 atom stereocenters. The van der Waals surface area contributed by atoms with E-state index < -0.39 is 6.04 Å². The van der Waals surface area contributed by atoms with E-state index in [9.17, 15) is 4.79 Å². The highest BCUT2D eigenvalue weighted by Crippen LogP contribution is 2.16. The Kier molecular flexibility index (Phi) is 4.94. The molecule has 0 saturated carbocycles. The van der Waals surface area contributed by atoms with Gasteiger partial charge in [0, 0.05) is 33.1 Å². The zero-order valence-corrected chi connectivity index (χ0v) is 12.4. The van der Waals surface area contributed by atoms with Crippen LogP contribution in [0.4, 0.5) is 11.6 Å². The second kappa shape index (κ2) is 6.89. The van der Waals surface area contributed by atoms with Gasteiger partial charge in [0.05, 0.1) is 12.8 Å². The molecular formula is C13H20N6O2. The molecule has 0 aliphatic heterocycles. The van der Waals surface area contributed by atoms with Gasteiger partial charge in [-0.25, -0.2) is 9.97 Å².